The molecule has 0 aliphatic rings. The van der Waals surface area contributed by atoms with Crippen molar-refractivity contribution in [3.63, 3.8) is 0 Å². The fourth-order valence-corrected chi connectivity index (χ4v) is 1.88. The van der Waals surface area contributed by atoms with Crippen molar-refractivity contribution >= 4 is 16.7 Å². The molecule has 2 N–H and O–H groups in total. The van der Waals surface area contributed by atoms with Gasteiger partial charge in [-0.05, 0) is 37.5 Å². The number of aliphatic hydroxyl groups excluding tert-OH is 1. The monoisotopic (exact) mass is 244 g/mol. The van der Waals surface area contributed by atoms with Crippen LogP contribution in [0.1, 0.15) is 19.4 Å². The molecule has 0 radical (unpaired) electrons. The summed E-state index contributed by atoms with van der Waals surface area (Å²) in [6, 6.07) is 10.4. The predicted octanol–water partition coefficient (Wildman–Crippen LogP) is 2.97. The number of aliphatic hydroxyl groups is 1. The maximum atomic E-state index is 9.16. The highest BCUT2D eigenvalue weighted by molar-refractivity contribution is 5.81. The van der Waals surface area contributed by atoms with Gasteiger partial charge in [-0.15, -0.1) is 0 Å². The van der Waals surface area contributed by atoms with Gasteiger partial charge in [0.1, 0.15) is 5.82 Å². The van der Waals surface area contributed by atoms with Gasteiger partial charge in [-0.2, -0.15) is 0 Å². The smallest absolute Gasteiger partial charge is 0.129 e. The van der Waals surface area contributed by atoms with E-state index in [1.165, 1.54) is 0 Å². The molecule has 96 valence electrons. The third-order valence-electron chi connectivity index (χ3n) is 3.42. The van der Waals surface area contributed by atoms with Crippen molar-refractivity contribution in [3.05, 3.63) is 35.9 Å². The molecular formula is C15H20N2O. The number of nitrogens with zero attached hydrogens (tertiary/aromatic N) is 1. The van der Waals surface area contributed by atoms with E-state index < -0.39 is 0 Å². The predicted molar refractivity (Wildman–Crippen MR) is 75.8 cm³/mol. The van der Waals surface area contributed by atoms with Crippen LogP contribution in [0, 0.1) is 12.8 Å². The second kappa shape index (κ2) is 5.36. The summed E-state index contributed by atoms with van der Waals surface area (Å²) < 4.78 is 0. The summed E-state index contributed by atoms with van der Waals surface area (Å²) >= 11 is 0. The largest absolute Gasteiger partial charge is 0.396 e. The van der Waals surface area contributed by atoms with Gasteiger partial charge in [0.2, 0.25) is 0 Å². The summed E-state index contributed by atoms with van der Waals surface area (Å²) in [6.07, 6.45) is 0. The fourth-order valence-electron chi connectivity index (χ4n) is 1.88. The summed E-state index contributed by atoms with van der Waals surface area (Å²) in [5, 5.41) is 13.7. The lowest BCUT2D eigenvalue weighted by Crippen LogP contribution is -2.27. The first-order valence-electron chi connectivity index (χ1n) is 6.35. The topological polar surface area (TPSA) is 45.2 Å². The number of aromatic nitrogens is 1. The van der Waals surface area contributed by atoms with Crippen LogP contribution in [0.4, 0.5) is 5.82 Å². The van der Waals surface area contributed by atoms with E-state index >= 15 is 0 Å². The SMILES string of the molecule is Cc1cc2ccccc2nc1NC(C)C(C)CO. The highest BCUT2D eigenvalue weighted by Crippen LogP contribution is 2.21. The van der Waals surface area contributed by atoms with Crippen molar-refractivity contribution in [2.75, 3.05) is 11.9 Å². The van der Waals surface area contributed by atoms with Crippen LogP contribution in [-0.4, -0.2) is 22.7 Å². The Balaban J connectivity index is 2.30. The van der Waals surface area contributed by atoms with Gasteiger partial charge in [0.15, 0.2) is 0 Å². The Labute approximate surface area is 108 Å². The molecule has 0 saturated carbocycles. The van der Waals surface area contributed by atoms with Crippen molar-refractivity contribution in [1.29, 1.82) is 0 Å². The van der Waals surface area contributed by atoms with Gasteiger partial charge in [-0.3, -0.25) is 0 Å². The fraction of sp³-hybridized carbons (Fsp3) is 0.400. The van der Waals surface area contributed by atoms with E-state index in [1.807, 2.05) is 25.1 Å². The summed E-state index contributed by atoms with van der Waals surface area (Å²) in [5.74, 6) is 1.11. The van der Waals surface area contributed by atoms with Crippen LogP contribution in [0.2, 0.25) is 0 Å². The van der Waals surface area contributed by atoms with Crippen LogP contribution >= 0.6 is 0 Å². The van der Waals surface area contributed by atoms with Crippen LogP contribution in [0.5, 0.6) is 0 Å². The number of benzene rings is 1. The van der Waals surface area contributed by atoms with E-state index in [4.69, 9.17) is 5.11 Å². The molecule has 1 aromatic heterocycles. The minimum atomic E-state index is 0.181. The number of nitrogens with one attached hydrogen (secondary N) is 1. The van der Waals surface area contributed by atoms with Gasteiger partial charge in [0.05, 0.1) is 5.52 Å². The minimum absolute atomic E-state index is 0.181. The molecule has 0 amide bonds. The van der Waals surface area contributed by atoms with Crippen LogP contribution in [0.15, 0.2) is 30.3 Å². The van der Waals surface area contributed by atoms with E-state index in [-0.39, 0.29) is 18.6 Å². The molecule has 2 aromatic rings. The lowest BCUT2D eigenvalue weighted by atomic mass is 10.0. The molecule has 0 aliphatic heterocycles. The number of fused-ring (bicyclic) bond motifs is 1. The Kier molecular flexibility index (Phi) is 3.82. The standard InChI is InChI=1S/C15H20N2O/c1-10-8-13-6-4-5-7-14(13)17-15(10)16-12(3)11(2)9-18/h4-8,11-12,18H,9H2,1-3H3,(H,16,17). The zero-order valence-electron chi connectivity index (χ0n) is 11.1. The molecule has 0 aliphatic carbocycles. The summed E-state index contributed by atoms with van der Waals surface area (Å²) in [7, 11) is 0. The van der Waals surface area contributed by atoms with Gasteiger partial charge in [0, 0.05) is 18.0 Å². The van der Waals surface area contributed by atoms with Gasteiger partial charge in [-0.25, -0.2) is 4.98 Å². The Morgan fingerprint density at radius 2 is 2.00 bits per heavy atom. The molecule has 0 saturated heterocycles. The number of hydrogen-bond acceptors (Lipinski definition) is 3. The third-order valence-corrected chi connectivity index (χ3v) is 3.42. The van der Waals surface area contributed by atoms with Crippen molar-refractivity contribution in [1.82, 2.24) is 4.98 Å². The number of para-hydroxylation sites is 1. The Morgan fingerprint density at radius 1 is 1.28 bits per heavy atom. The molecule has 0 fully saturated rings. The van der Waals surface area contributed by atoms with Crippen LogP contribution in [0.25, 0.3) is 10.9 Å². The number of hydrogen-bond donors (Lipinski definition) is 2. The van der Waals surface area contributed by atoms with E-state index in [9.17, 15) is 0 Å². The lowest BCUT2D eigenvalue weighted by Gasteiger charge is -2.21. The summed E-state index contributed by atoms with van der Waals surface area (Å²) in [6.45, 7) is 6.32. The third kappa shape index (κ3) is 2.62. The Bertz CT molecular complexity index is 539. The van der Waals surface area contributed by atoms with Crippen LogP contribution in [0.3, 0.4) is 0 Å². The van der Waals surface area contributed by atoms with Crippen LogP contribution < -0.4 is 5.32 Å². The molecule has 0 bridgehead atoms. The molecule has 1 heterocycles. The number of anilines is 1. The van der Waals surface area contributed by atoms with Gasteiger partial charge < -0.3 is 10.4 Å². The molecule has 2 rings (SSSR count). The lowest BCUT2D eigenvalue weighted by molar-refractivity contribution is 0.226. The molecule has 2 unspecified atom stereocenters. The number of rotatable bonds is 4. The molecule has 0 spiro atoms. The Hall–Kier alpha value is -1.61. The van der Waals surface area contributed by atoms with Crippen molar-refractivity contribution in [3.8, 4) is 0 Å². The summed E-state index contributed by atoms with van der Waals surface area (Å²) in [5.41, 5.74) is 2.13. The summed E-state index contributed by atoms with van der Waals surface area (Å²) in [4.78, 5) is 4.64. The first kappa shape index (κ1) is 12.8. The van der Waals surface area contributed by atoms with E-state index in [0.29, 0.717) is 0 Å². The highest BCUT2D eigenvalue weighted by atomic mass is 16.3. The van der Waals surface area contributed by atoms with Crippen molar-refractivity contribution in [2.24, 2.45) is 5.92 Å². The van der Waals surface area contributed by atoms with E-state index in [2.05, 4.69) is 36.3 Å². The molecule has 2 atom stereocenters. The average Bonchev–Trinajstić information content (AvgIpc) is 2.38. The van der Waals surface area contributed by atoms with E-state index in [1.54, 1.807) is 0 Å². The molecule has 3 nitrogen and oxygen atoms in total. The van der Waals surface area contributed by atoms with Crippen molar-refractivity contribution in [2.45, 2.75) is 26.8 Å². The molecular weight excluding hydrogens is 224 g/mol. The quantitative estimate of drug-likeness (QED) is 0.869. The highest BCUT2D eigenvalue weighted by Gasteiger charge is 2.12. The molecule has 3 heteroatoms. The molecule has 1 aromatic carbocycles. The minimum Gasteiger partial charge on any atom is -0.396 e. The number of aryl methyl sites for hydroxylation is 1. The second-order valence-electron chi connectivity index (χ2n) is 4.94. The first-order chi connectivity index (χ1) is 8.61. The Morgan fingerprint density at radius 3 is 2.72 bits per heavy atom. The van der Waals surface area contributed by atoms with Gasteiger partial charge in [-0.1, -0.05) is 25.1 Å². The van der Waals surface area contributed by atoms with Crippen molar-refractivity contribution < 1.29 is 5.11 Å². The normalized spacial score (nSPS) is 14.4. The van der Waals surface area contributed by atoms with Gasteiger partial charge in [0.25, 0.3) is 0 Å². The second-order valence-corrected chi connectivity index (χ2v) is 4.94. The van der Waals surface area contributed by atoms with Gasteiger partial charge >= 0.3 is 0 Å². The average molecular weight is 244 g/mol. The number of pyridine rings is 1. The molecule has 18 heavy (non-hydrogen) atoms. The zero-order valence-corrected chi connectivity index (χ0v) is 11.1. The first-order valence-corrected chi connectivity index (χ1v) is 6.35. The maximum Gasteiger partial charge on any atom is 0.129 e. The maximum absolute atomic E-state index is 9.16. The zero-order chi connectivity index (χ0) is 13.1. The van der Waals surface area contributed by atoms with Crippen LogP contribution in [-0.2, 0) is 0 Å². The van der Waals surface area contributed by atoms with E-state index in [0.717, 1.165) is 22.3 Å².